The second kappa shape index (κ2) is 6.38. The summed E-state index contributed by atoms with van der Waals surface area (Å²) in [6, 6.07) is 14.0. The van der Waals surface area contributed by atoms with E-state index < -0.39 is 15.9 Å². The van der Waals surface area contributed by atoms with Gasteiger partial charge in [-0.15, -0.1) is 0 Å². The molecule has 2 aromatic carbocycles. The van der Waals surface area contributed by atoms with Gasteiger partial charge in [0.2, 0.25) is 0 Å². The average molecular weight is 306 g/mol. The highest BCUT2D eigenvalue weighted by Crippen LogP contribution is 2.16. The molecule has 21 heavy (non-hydrogen) atoms. The predicted octanol–water partition coefficient (Wildman–Crippen LogP) is 1.78. The molecule has 0 saturated carbocycles. The Morgan fingerprint density at radius 1 is 1.00 bits per heavy atom. The van der Waals surface area contributed by atoms with E-state index in [2.05, 4.69) is 15.0 Å². The first-order valence-corrected chi connectivity index (χ1v) is 7.52. The lowest BCUT2D eigenvalue weighted by Gasteiger charge is -2.08. The molecule has 6 nitrogen and oxygen atoms in total. The molecule has 0 unspecified atom stereocenters. The van der Waals surface area contributed by atoms with E-state index in [1.54, 1.807) is 18.2 Å². The highest BCUT2D eigenvalue weighted by Gasteiger charge is 2.13. The summed E-state index contributed by atoms with van der Waals surface area (Å²) in [4.78, 5) is 16.2. The van der Waals surface area contributed by atoms with Crippen molar-refractivity contribution < 1.29 is 18.0 Å². The number of rotatable bonds is 5. The first-order chi connectivity index (χ1) is 10.0. The maximum atomic E-state index is 12.1. The molecular formula is C14H14N2O4S. The molecule has 0 heterocycles. The third-order valence-corrected chi connectivity index (χ3v) is 4.04. The summed E-state index contributed by atoms with van der Waals surface area (Å²) < 4.78 is 26.7. The van der Waals surface area contributed by atoms with Gasteiger partial charge in [-0.3, -0.25) is 14.4 Å². The largest absolute Gasteiger partial charge is 0.280 e. The fraction of sp³-hybridized carbons (Fsp3) is 0.0714. The summed E-state index contributed by atoms with van der Waals surface area (Å²) in [7, 11) is -2.30. The summed E-state index contributed by atoms with van der Waals surface area (Å²) in [5, 5.41) is 0. The van der Waals surface area contributed by atoms with Crippen LogP contribution in [0.3, 0.4) is 0 Å². The van der Waals surface area contributed by atoms with Crippen LogP contribution >= 0.6 is 0 Å². The van der Waals surface area contributed by atoms with Crippen LogP contribution in [-0.2, 0) is 14.9 Å². The Kier molecular flexibility index (Phi) is 4.56. The SMILES string of the molecule is CONC(=O)c1ccc(NS(=O)(=O)c2ccccc2)cc1. The smallest absolute Gasteiger partial charge is 0.274 e. The Hall–Kier alpha value is -2.38. The van der Waals surface area contributed by atoms with E-state index in [0.29, 0.717) is 11.3 Å². The molecule has 0 aliphatic rings. The van der Waals surface area contributed by atoms with Gasteiger partial charge in [-0.05, 0) is 36.4 Å². The van der Waals surface area contributed by atoms with Crippen molar-refractivity contribution in [2.45, 2.75) is 4.90 Å². The number of carbonyl (C=O) groups is 1. The van der Waals surface area contributed by atoms with E-state index in [4.69, 9.17) is 0 Å². The fourth-order valence-electron chi connectivity index (χ4n) is 1.65. The van der Waals surface area contributed by atoms with Gasteiger partial charge in [-0.25, -0.2) is 13.9 Å². The second-order valence-electron chi connectivity index (χ2n) is 4.13. The van der Waals surface area contributed by atoms with E-state index in [-0.39, 0.29) is 4.90 Å². The molecule has 7 heteroatoms. The molecule has 0 bridgehead atoms. The molecule has 0 aromatic heterocycles. The summed E-state index contributed by atoms with van der Waals surface area (Å²) >= 11 is 0. The van der Waals surface area contributed by atoms with Gasteiger partial charge in [0.25, 0.3) is 15.9 Å². The Morgan fingerprint density at radius 2 is 1.62 bits per heavy atom. The van der Waals surface area contributed by atoms with Gasteiger partial charge < -0.3 is 0 Å². The van der Waals surface area contributed by atoms with E-state index in [1.165, 1.54) is 43.5 Å². The van der Waals surface area contributed by atoms with Gasteiger partial charge in [0.05, 0.1) is 12.0 Å². The standard InChI is InChI=1S/C14H14N2O4S/c1-20-15-14(17)11-7-9-12(10-8-11)16-21(18,19)13-5-3-2-4-6-13/h2-10,16H,1H3,(H,15,17). The molecule has 0 fully saturated rings. The Balaban J connectivity index is 2.15. The van der Waals surface area contributed by atoms with Gasteiger partial charge in [0.15, 0.2) is 0 Å². The highest BCUT2D eigenvalue weighted by atomic mass is 32.2. The number of amides is 1. The van der Waals surface area contributed by atoms with Crippen molar-refractivity contribution in [2.24, 2.45) is 0 Å². The van der Waals surface area contributed by atoms with Crippen molar-refractivity contribution in [3.63, 3.8) is 0 Å². The van der Waals surface area contributed by atoms with E-state index in [0.717, 1.165) is 0 Å². The Bertz CT molecular complexity index is 712. The number of anilines is 1. The van der Waals surface area contributed by atoms with Crippen molar-refractivity contribution >= 4 is 21.6 Å². The zero-order chi connectivity index (χ0) is 15.3. The van der Waals surface area contributed by atoms with Crippen LogP contribution in [0.2, 0.25) is 0 Å². The number of carbonyl (C=O) groups excluding carboxylic acids is 1. The fourth-order valence-corrected chi connectivity index (χ4v) is 2.73. The topological polar surface area (TPSA) is 84.5 Å². The molecule has 0 saturated heterocycles. The average Bonchev–Trinajstić information content (AvgIpc) is 2.49. The predicted molar refractivity (Wildman–Crippen MR) is 78.2 cm³/mol. The monoisotopic (exact) mass is 306 g/mol. The molecule has 2 N–H and O–H groups in total. The Morgan fingerprint density at radius 3 is 2.19 bits per heavy atom. The summed E-state index contributed by atoms with van der Waals surface area (Å²) in [6.45, 7) is 0. The molecule has 0 aliphatic carbocycles. The maximum absolute atomic E-state index is 12.1. The normalized spacial score (nSPS) is 10.9. The van der Waals surface area contributed by atoms with E-state index in [9.17, 15) is 13.2 Å². The highest BCUT2D eigenvalue weighted by molar-refractivity contribution is 7.92. The van der Waals surface area contributed by atoms with Crippen LogP contribution in [0.15, 0.2) is 59.5 Å². The lowest BCUT2D eigenvalue weighted by atomic mass is 10.2. The first kappa shape index (κ1) is 15.0. The van der Waals surface area contributed by atoms with Crippen LogP contribution in [0.4, 0.5) is 5.69 Å². The van der Waals surface area contributed by atoms with Crippen LogP contribution in [0.5, 0.6) is 0 Å². The van der Waals surface area contributed by atoms with E-state index >= 15 is 0 Å². The molecule has 0 radical (unpaired) electrons. The van der Waals surface area contributed by atoms with Crippen molar-refractivity contribution in [3.8, 4) is 0 Å². The second-order valence-corrected chi connectivity index (χ2v) is 5.81. The lowest BCUT2D eigenvalue weighted by molar-refractivity contribution is 0.0537. The maximum Gasteiger partial charge on any atom is 0.274 e. The summed E-state index contributed by atoms with van der Waals surface area (Å²) in [5.74, 6) is -0.407. The molecule has 2 rings (SSSR count). The van der Waals surface area contributed by atoms with Gasteiger partial charge >= 0.3 is 0 Å². The third kappa shape index (κ3) is 3.80. The molecule has 0 spiro atoms. The van der Waals surface area contributed by atoms with Crippen LogP contribution in [-0.4, -0.2) is 21.4 Å². The minimum atomic E-state index is -3.63. The van der Waals surface area contributed by atoms with Gasteiger partial charge in [0, 0.05) is 11.3 Å². The molecule has 0 atom stereocenters. The van der Waals surface area contributed by atoms with Crippen LogP contribution in [0.1, 0.15) is 10.4 Å². The quantitative estimate of drug-likeness (QED) is 0.825. The van der Waals surface area contributed by atoms with Crippen molar-refractivity contribution in [1.82, 2.24) is 5.48 Å². The number of nitrogens with one attached hydrogen (secondary N) is 2. The van der Waals surface area contributed by atoms with Crippen LogP contribution in [0, 0.1) is 0 Å². The minimum absolute atomic E-state index is 0.172. The summed E-state index contributed by atoms with van der Waals surface area (Å²) in [5.41, 5.74) is 2.91. The van der Waals surface area contributed by atoms with Gasteiger partial charge in [0.1, 0.15) is 0 Å². The van der Waals surface area contributed by atoms with Gasteiger partial charge in [-0.1, -0.05) is 18.2 Å². The molecule has 1 amide bonds. The number of benzene rings is 2. The number of hydrogen-bond donors (Lipinski definition) is 2. The number of sulfonamides is 1. The Labute approximate surface area is 122 Å². The first-order valence-electron chi connectivity index (χ1n) is 6.04. The lowest BCUT2D eigenvalue weighted by Crippen LogP contribution is -2.21. The van der Waals surface area contributed by atoms with Crippen molar-refractivity contribution in [2.75, 3.05) is 11.8 Å². The number of hydroxylamine groups is 1. The zero-order valence-corrected chi connectivity index (χ0v) is 12.1. The van der Waals surface area contributed by atoms with Crippen molar-refractivity contribution in [3.05, 3.63) is 60.2 Å². The molecular weight excluding hydrogens is 292 g/mol. The van der Waals surface area contributed by atoms with Gasteiger partial charge in [-0.2, -0.15) is 0 Å². The summed E-state index contributed by atoms with van der Waals surface area (Å²) in [6.07, 6.45) is 0. The number of hydrogen-bond acceptors (Lipinski definition) is 4. The minimum Gasteiger partial charge on any atom is -0.280 e. The molecule has 2 aromatic rings. The van der Waals surface area contributed by atoms with Crippen molar-refractivity contribution in [1.29, 1.82) is 0 Å². The molecule has 0 aliphatic heterocycles. The van der Waals surface area contributed by atoms with Crippen LogP contribution in [0.25, 0.3) is 0 Å². The van der Waals surface area contributed by atoms with Crippen LogP contribution < -0.4 is 10.2 Å². The van der Waals surface area contributed by atoms with E-state index in [1.807, 2.05) is 0 Å². The zero-order valence-electron chi connectivity index (χ0n) is 11.2. The third-order valence-electron chi connectivity index (χ3n) is 2.65. The molecule has 110 valence electrons.